The number of ether oxygens (including phenoxy) is 1. The fourth-order valence-electron chi connectivity index (χ4n) is 2.14. The monoisotopic (exact) mass is 346 g/mol. The third kappa shape index (κ3) is 3.23. The number of hydrogen-bond donors (Lipinski definition) is 1. The maximum atomic E-state index is 13.0. The van der Waals surface area contributed by atoms with Gasteiger partial charge in [0.05, 0.1) is 7.11 Å². The third-order valence-corrected chi connectivity index (χ3v) is 3.55. The normalized spacial score (nSPS) is 10.5. The second kappa shape index (κ2) is 6.72. The lowest BCUT2D eigenvalue weighted by atomic mass is 10.1. The number of aromatic nitrogens is 1. The second-order valence-electron chi connectivity index (χ2n) is 4.87. The number of nitrogens with one attached hydrogen (secondary N) is 1. The van der Waals surface area contributed by atoms with Gasteiger partial charge in [-0.15, -0.1) is 0 Å². The van der Waals surface area contributed by atoms with Gasteiger partial charge in [-0.3, -0.25) is 0 Å². The molecule has 1 heterocycles. The lowest BCUT2D eigenvalue weighted by Crippen LogP contribution is -2.05. The van der Waals surface area contributed by atoms with Gasteiger partial charge in [0.2, 0.25) is 5.88 Å². The molecule has 7 heteroatoms. The SMILES string of the molecule is COC(=O)c1c(-c2ccc(Cl)cc2)noc1Nc1ccc(F)cc1. The van der Waals surface area contributed by atoms with Crippen LogP contribution in [-0.4, -0.2) is 18.2 Å². The zero-order valence-corrected chi connectivity index (χ0v) is 13.3. The highest BCUT2D eigenvalue weighted by Crippen LogP contribution is 2.32. The summed E-state index contributed by atoms with van der Waals surface area (Å²) >= 11 is 5.88. The van der Waals surface area contributed by atoms with Gasteiger partial charge in [-0.1, -0.05) is 28.9 Å². The van der Waals surface area contributed by atoms with Gasteiger partial charge in [-0.2, -0.15) is 0 Å². The fraction of sp³-hybridized carbons (Fsp3) is 0.0588. The molecule has 0 spiro atoms. The van der Waals surface area contributed by atoms with Gasteiger partial charge >= 0.3 is 5.97 Å². The van der Waals surface area contributed by atoms with E-state index in [1.165, 1.54) is 31.4 Å². The molecule has 0 aliphatic rings. The molecular formula is C17H12ClFN2O3. The molecule has 24 heavy (non-hydrogen) atoms. The lowest BCUT2D eigenvalue weighted by Gasteiger charge is -2.05. The van der Waals surface area contributed by atoms with E-state index in [2.05, 4.69) is 10.5 Å². The highest BCUT2D eigenvalue weighted by atomic mass is 35.5. The molecule has 0 aliphatic heterocycles. The van der Waals surface area contributed by atoms with Gasteiger partial charge in [0.25, 0.3) is 0 Å². The Kier molecular flexibility index (Phi) is 4.48. The smallest absolute Gasteiger partial charge is 0.345 e. The Balaban J connectivity index is 2.02. The molecular weight excluding hydrogens is 335 g/mol. The van der Waals surface area contributed by atoms with E-state index in [0.717, 1.165) is 0 Å². The van der Waals surface area contributed by atoms with E-state index < -0.39 is 5.97 Å². The molecule has 2 aromatic carbocycles. The van der Waals surface area contributed by atoms with Crippen LogP contribution in [0.1, 0.15) is 10.4 Å². The highest BCUT2D eigenvalue weighted by molar-refractivity contribution is 6.30. The predicted octanol–water partition coefficient (Wildman–Crippen LogP) is 4.66. The van der Waals surface area contributed by atoms with Crippen molar-refractivity contribution >= 4 is 29.1 Å². The molecule has 5 nitrogen and oxygen atoms in total. The zero-order valence-electron chi connectivity index (χ0n) is 12.5. The number of hydrogen-bond acceptors (Lipinski definition) is 5. The largest absolute Gasteiger partial charge is 0.465 e. The number of anilines is 2. The molecule has 1 N–H and O–H groups in total. The molecule has 0 amide bonds. The van der Waals surface area contributed by atoms with Gasteiger partial charge in [-0.25, -0.2) is 9.18 Å². The first-order valence-corrected chi connectivity index (χ1v) is 7.33. The molecule has 3 aromatic rings. The molecule has 3 rings (SSSR count). The first-order chi connectivity index (χ1) is 11.6. The Morgan fingerprint density at radius 2 is 1.83 bits per heavy atom. The first kappa shape index (κ1) is 16.0. The number of rotatable bonds is 4. The maximum Gasteiger partial charge on any atom is 0.345 e. The Hall–Kier alpha value is -2.86. The minimum absolute atomic E-state index is 0.110. The van der Waals surface area contributed by atoms with Crippen molar-refractivity contribution in [3.63, 3.8) is 0 Å². The summed E-state index contributed by atoms with van der Waals surface area (Å²) in [5.74, 6) is -0.864. The van der Waals surface area contributed by atoms with Crippen LogP contribution in [0.3, 0.4) is 0 Å². The van der Waals surface area contributed by atoms with Crippen LogP contribution < -0.4 is 5.32 Å². The lowest BCUT2D eigenvalue weighted by molar-refractivity contribution is 0.0602. The van der Waals surface area contributed by atoms with Crippen LogP contribution >= 0.6 is 11.6 Å². The van der Waals surface area contributed by atoms with Crippen LogP contribution in [0.4, 0.5) is 16.0 Å². The van der Waals surface area contributed by atoms with Crippen LogP contribution in [0.25, 0.3) is 11.3 Å². The number of methoxy groups -OCH3 is 1. The van der Waals surface area contributed by atoms with Crippen molar-refractivity contribution in [2.24, 2.45) is 0 Å². The minimum atomic E-state index is -0.606. The summed E-state index contributed by atoms with van der Waals surface area (Å²) in [6.45, 7) is 0. The van der Waals surface area contributed by atoms with Crippen molar-refractivity contribution in [2.45, 2.75) is 0 Å². The quantitative estimate of drug-likeness (QED) is 0.696. The first-order valence-electron chi connectivity index (χ1n) is 6.95. The van der Waals surface area contributed by atoms with Gasteiger partial charge < -0.3 is 14.6 Å². The Labute approximate surface area is 142 Å². The van der Waals surface area contributed by atoms with E-state index in [0.29, 0.717) is 22.0 Å². The van der Waals surface area contributed by atoms with Crippen LogP contribution in [0.15, 0.2) is 53.1 Å². The fourth-order valence-corrected chi connectivity index (χ4v) is 2.26. The number of benzene rings is 2. The molecule has 0 radical (unpaired) electrons. The molecule has 1 aromatic heterocycles. The Morgan fingerprint density at radius 3 is 2.46 bits per heavy atom. The van der Waals surface area contributed by atoms with E-state index in [9.17, 15) is 9.18 Å². The van der Waals surface area contributed by atoms with Crippen molar-refractivity contribution in [1.82, 2.24) is 5.16 Å². The highest BCUT2D eigenvalue weighted by Gasteiger charge is 2.25. The van der Waals surface area contributed by atoms with Crippen molar-refractivity contribution in [3.8, 4) is 11.3 Å². The standard InChI is InChI=1S/C17H12ClFN2O3/c1-23-17(22)14-15(10-2-4-11(18)5-3-10)21-24-16(14)20-13-8-6-12(19)7-9-13/h2-9,20H,1H3. The summed E-state index contributed by atoms with van der Waals surface area (Å²) < 4.78 is 23.1. The molecule has 0 fully saturated rings. The van der Waals surface area contributed by atoms with Gasteiger partial charge in [-0.05, 0) is 36.4 Å². The Bertz CT molecular complexity index is 861. The second-order valence-corrected chi connectivity index (χ2v) is 5.30. The minimum Gasteiger partial charge on any atom is -0.465 e. The average molecular weight is 347 g/mol. The summed E-state index contributed by atoms with van der Waals surface area (Å²) in [4.78, 5) is 12.2. The average Bonchev–Trinajstić information content (AvgIpc) is 3.00. The summed E-state index contributed by atoms with van der Waals surface area (Å²) in [6, 6.07) is 12.4. The third-order valence-electron chi connectivity index (χ3n) is 3.30. The molecule has 0 aliphatic carbocycles. The van der Waals surface area contributed by atoms with Crippen molar-refractivity contribution < 1.29 is 18.4 Å². The number of halogens is 2. The van der Waals surface area contributed by atoms with Crippen molar-refractivity contribution in [3.05, 3.63) is 64.9 Å². The summed E-state index contributed by atoms with van der Waals surface area (Å²) in [6.07, 6.45) is 0. The summed E-state index contributed by atoms with van der Waals surface area (Å²) in [7, 11) is 1.27. The van der Waals surface area contributed by atoms with E-state index >= 15 is 0 Å². The van der Waals surface area contributed by atoms with E-state index in [4.69, 9.17) is 20.9 Å². The molecule has 0 atom stereocenters. The van der Waals surface area contributed by atoms with Crippen LogP contribution in [-0.2, 0) is 4.74 Å². The van der Waals surface area contributed by atoms with E-state index in [-0.39, 0.29) is 17.3 Å². The Morgan fingerprint density at radius 1 is 1.17 bits per heavy atom. The van der Waals surface area contributed by atoms with Crippen molar-refractivity contribution in [1.29, 1.82) is 0 Å². The zero-order chi connectivity index (χ0) is 17.1. The van der Waals surface area contributed by atoms with Crippen molar-refractivity contribution in [2.75, 3.05) is 12.4 Å². The molecule has 0 saturated heterocycles. The van der Waals surface area contributed by atoms with E-state index in [1.54, 1.807) is 24.3 Å². The van der Waals surface area contributed by atoms with Crippen LogP contribution in [0.2, 0.25) is 5.02 Å². The van der Waals surface area contributed by atoms with Crippen LogP contribution in [0, 0.1) is 5.82 Å². The predicted molar refractivity (Wildman–Crippen MR) is 88.0 cm³/mol. The van der Waals surface area contributed by atoms with Gasteiger partial charge in [0, 0.05) is 16.3 Å². The number of nitrogens with zero attached hydrogens (tertiary/aromatic N) is 1. The number of carbonyl (C=O) groups excluding carboxylic acids is 1. The van der Waals surface area contributed by atoms with E-state index in [1.807, 2.05) is 0 Å². The van der Waals surface area contributed by atoms with Gasteiger partial charge in [0.15, 0.2) is 5.56 Å². The maximum absolute atomic E-state index is 13.0. The summed E-state index contributed by atoms with van der Waals surface area (Å²) in [5.41, 5.74) is 1.66. The van der Waals surface area contributed by atoms with Crippen LogP contribution in [0.5, 0.6) is 0 Å². The number of esters is 1. The summed E-state index contributed by atoms with van der Waals surface area (Å²) in [5, 5.41) is 7.40. The molecule has 0 saturated carbocycles. The van der Waals surface area contributed by atoms with Gasteiger partial charge in [0.1, 0.15) is 11.5 Å². The molecule has 0 bridgehead atoms. The molecule has 0 unspecified atom stereocenters. The molecule has 122 valence electrons. The number of carbonyl (C=O) groups is 1. The topological polar surface area (TPSA) is 64.4 Å².